The van der Waals surface area contributed by atoms with Crippen molar-refractivity contribution in [1.29, 1.82) is 0 Å². The summed E-state index contributed by atoms with van der Waals surface area (Å²) in [5.41, 5.74) is 2.26. The molecule has 4 rings (SSSR count). The Morgan fingerprint density at radius 1 is 1.00 bits per heavy atom. The first-order valence-corrected chi connectivity index (χ1v) is 12.2. The van der Waals surface area contributed by atoms with Crippen LogP contribution in [-0.2, 0) is 16.0 Å². The summed E-state index contributed by atoms with van der Waals surface area (Å²) < 4.78 is 5.88. The number of unbranched alkanes of at least 4 members (excludes halogenated alkanes) is 1. The van der Waals surface area contributed by atoms with Crippen LogP contribution in [0.4, 0.5) is 0 Å². The van der Waals surface area contributed by atoms with Gasteiger partial charge >= 0.3 is 0 Å². The summed E-state index contributed by atoms with van der Waals surface area (Å²) in [5, 5.41) is 11.7. The molecule has 6 heteroatoms. The molecule has 1 fully saturated rings. The number of carbonyl (C=O) groups excluding carboxylic acids is 2. The first-order valence-electron chi connectivity index (χ1n) is 11.8. The molecule has 1 N–H and O–H groups in total. The number of Topliss-reactive ketones (excluding diaryl/α,β-unsaturated/α-hetero) is 1. The van der Waals surface area contributed by atoms with Gasteiger partial charge < -0.3 is 14.7 Å². The predicted octanol–water partition coefficient (Wildman–Crippen LogP) is 6.18. The van der Waals surface area contributed by atoms with E-state index in [0.29, 0.717) is 41.5 Å². The lowest BCUT2D eigenvalue weighted by Gasteiger charge is -2.26. The molecule has 0 bridgehead atoms. The van der Waals surface area contributed by atoms with Gasteiger partial charge in [0.15, 0.2) is 0 Å². The van der Waals surface area contributed by atoms with Gasteiger partial charge in [-0.3, -0.25) is 9.59 Å². The fourth-order valence-corrected chi connectivity index (χ4v) is 4.35. The summed E-state index contributed by atoms with van der Waals surface area (Å²) in [4.78, 5) is 28.0. The minimum atomic E-state index is -0.732. The molecule has 1 unspecified atom stereocenters. The molecule has 0 radical (unpaired) electrons. The molecule has 0 spiro atoms. The van der Waals surface area contributed by atoms with Crippen LogP contribution in [0.2, 0.25) is 5.02 Å². The minimum Gasteiger partial charge on any atom is -0.507 e. The van der Waals surface area contributed by atoms with Gasteiger partial charge in [-0.25, -0.2) is 0 Å². The predicted molar refractivity (Wildman–Crippen MR) is 137 cm³/mol. The molecule has 180 valence electrons. The second kappa shape index (κ2) is 11.2. The Bertz CT molecular complexity index is 1220. The van der Waals surface area contributed by atoms with Crippen molar-refractivity contribution < 1.29 is 19.4 Å². The second-order valence-corrected chi connectivity index (χ2v) is 8.95. The third kappa shape index (κ3) is 5.57. The van der Waals surface area contributed by atoms with Crippen molar-refractivity contribution in [3.05, 3.63) is 106 Å². The van der Waals surface area contributed by atoms with E-state index in [2.05, 4.69) is 6.92 Å². The third-order valence-corrected chi connectivity index (χ3v) is 6.33. The van der Waals surface area contributed by atoms with E-state index in [4.69, 9.17) is 16.3 Å². The molecule has 1 saturated heterocycles. The van der Waals surface area contributed by atoms with Crippen LogP contribution in [0.1, 0.15) is 42.5 Å². The van der Waals surface area contributed by atoms with Crippen molar-refractivity contribution in [2.75, 3.05) is 13.2 Å². The average molecular weight is 490 g/mol. The lowest BCUT2D eigenvalue weighted by molar-refractivity contribution is -0.139. The van der Waals surface area contributed by atoms with E-state index < -0.39 is 17.7 Å². The standard InChI is InChI=1S/C29H28ClNO4/c1-2-3-18-35-24-11-7-10-22(19-24)26-25(27(32)21-12-14-23(30)15-13-21)28(33)29(34)31(26)17-16-20-8-5-4-6-9-20/h4-15,19,26,32H,2-3,16-18H2,1H3. The highest BCUT2D eigenvalue weighted by atomic mass is 35.5. The number of benzene rings is 3. The fraction of sp³-hybridized carbons (Fsp3) is 0.241. The number of nitrogens with zero attached hydrogens (tertiary/aromatic N) is 1. The Morgan fingerprint density at radius 2 is 1.74 bits per heavy atom. The van der Waals surface area contributed by atoms with Gasteiger partial charge in [0.1, 0.15) is 11.5 Å². The number of aliphatic hydroxyl groups is 1. The lowest BCUT2D eigenvalue weighted by Crippen LogP contribution is -2.31. The summed E-state index contributed by atoms with van der Waals surface area (Å²) in [6.07, 6.45) is 2.52. The summed E-state index contributed by atoms with van der Waals surface area (Å²) in [6.45, 7) is 3.01. The molecule has 3 aromatic carbocycles. The van der Waals surface area contributed by atoms with Crippen molar-refractivity contribution in [1.82, 2.24) is 4.90 Å². The molecule has 1 aliphatic rings. The molecule has 0 saturated carbocycles. The van der Waals surface area contributed by atoms with E-state index >= 15 is 0 Å². The molecule has 1 heterocycles. The van der Waals surface area contributed by atoms with Crippen LogP contribution in [0.3, 0.4) is 0 Å². The maximum absolute atomic E-state index is 13.2. The Hall–Kier alpha value is -3.57. The Morgan fingerprint density at radius 3 is 2.46 bits per heavy atom. The minimum absolute atomic E-state index is 0.0658. The number of carbonyl (C=O) groups is 2. The Kier molecular flexibility index (Phi) is 7.88. The van der Waals surface area contributed by atoms with Gasteiger partial charge in [-0.05, 0) is 60.4 Å². The number of ether oxygens (including phenoxy) is 1. The zero-order valence-electron chi connectivity index (χ0n) is 19.6. The highest BCUT2D eigenvalue weighted by Crippen LogP contribution is 2.40. The Labute approximate surface area is 210 Å². The van der Waals surface area contributed by atoms with Crippen molar-refractivity contribution >= 4 is 29.1 Å². The van der Waals surface area contributed by atoms with E-state index in [1.54, 1.807) is 29.2 Å². The fourth-order valence-electron chi connectivity index (χ4n) is 4.22. The molecule has 0 aliphatic carbocycles. The number of rotatable bonds is 9. The molecule has 1 atom stereocenters. The number of halogens is 1. The summed E-state index contributed by atoms with van der Waals surface area (Å²) in [6, 6.07) is 23.0. The zero-order valence-corrected chi connectivity index (χ0v) is 20.4. The number of hydrogen-bond donors (Lipinski definition) is 1. The van der Waals surface area contributed by atoms with Crippen LogP contribution in [0, 0.1) is 0 Å². The quantitative estimate of drug-likeness (QED) is 0.168. The monoisotopic (exact) mass is 489 g/mol. The van der Waals surface area contributed by atoms with Crippen molar-refractivity contribution in [3.8, 4) is 5.75 Å². The molecular formula is C29H28ClNO4. The number of ketones is 1. The molecular weight excluding hydrogens is 462 g/mol. The molecule has 3 aromatic rings. The van der Waals surface area contributed by atoms with Crippen LogP contribution in [0.15, 0.2) is 84.4 Å². The zero-order chi connectivity index (χ0) is 24.8. The maximum atomic E-state index is 13.2. The highest BCUT2D eigenvalue weighted by molar-refractivity contribution is 6.46. The second-order valence-electron chi connectivity index (χ2n) is 8.51. The SMILES string of the molecule is CCCCOc1cccc(C2C(=C(O)c3ccc(Cl)cc3)C(=O)C(=O)N2CCc2ccccc2)c1. The van der Waals surface area contributed by atoms with Crippen LogP contribution in [-0.4, -0.2) is 34.8 Å². The van der Waals surface area contributed by atoms with Crippen molar-refractivity contribution in [3.63, 3.8) is 0 Å². The largest absolute Gasteiger partial charge is 0.507 e. The lowest BCUT2D eigenvalue weighted by atomic mass is 9.95. The van der Waals surface area contributed by atoms with Crippen LogP contribution in [0.25, 0.3) is 5.76 Å². The van der Waals surface area contributed by atoms with Gasteiger partial charge in [-0.1, -0.05) is 67.4 Å². The van der Waals surface area contributed by atoms with Gasteiger partial charge in [0, 0.05) is 17.1 Å². The van der Waals surface area contributed by atoms with Crippen LogP contribution in [0.5, 0.6) is 5.75 Å². The van der Waals surface area contributed by atoms with Gasteiger partial charge in [0.25, 0.3) is 11.7 Å². The number of likely N-dealkylation sites (tertiary alicyclic amines) is 1. The summed E-state index contributed by atoms with van der Waals surface area (Å²) in [5.74, 6) is -0.882. The smallest absolute Gasteiger partial charge is 0.295 e. The molecule has 5 nitrogen and oxygen atoms in total. The van der Waals surface area contributed by atoms with E-state index in [1.807, 2.05) is 54.6 Å². The number of amides is 1. The molecule has 0 aromatic heterocycles. The van der Waals surface area contributed by atoms with E-state index in [-0.39, 0.29) is 11.3 Å². The average Bonchev–Trinajstić information content (AvgIpc) is 3.13. The maximum Gasteiger partial charge on any atom is 0.295 e. The van der Waals surface area contributed by atoms with Crippen LogP contribution >= 0.6 is 11.6 Å². The topological polar surface area (TPSA) is 66.8 Å². The number of hydrogen-bond acceptors (Lipinski definition) is 4. The van der Waals surface area contributed by atoms with Gasteiger partial charge in [0.2, 0.25) is 0 Å². The highest BCUT2D eigenvalue weighted by Gasteiger charge is 2.45. The molecule has 1 aliphatic heterocycles. The van der Waals surface area contributed by atoms with E-state index in [1.165, 1.54) is 0 Å². The van der Waals surface area contributed by atoms with Crippen molar-refractivity contribution in [2.24, 2.45) is 0 Å². The third-order valence-electron chi connectivity index (χ3n) is 6.08. The van der Waals surface area contributed by atoms with Gasteiger partial charge in [0.05, 0.1) is 18.2 Å². The molecule has 1 amide bonds. The molecule has 35 heavy (non-hydrogen) atoms. The van der Waals surface area contributed by atoms with E-state index in [0.717, 1.165) is 18.4 Å². The Balaban J connectivity index is 1.75. The van der Waals surface area contributed by atoms with Gasteiger partial charge in [-0.2, -0.15) is 0 Å². The van der Waals surface area contributed by atoms with Crippen LogP contribution < -0.4 is 4.74 Å². The van der Waals surface area contributed by atoms with E-state index in [9.17, 15) is 14.7 Å². The summed E-state index contributed by atoms with van der Waals surface area (Å²) in [7, 11) is 0. The first-order chi connectivity index (χ1) is 17.0. The summed E-state index contributed by atoms with van der Waals surface area (Å²) >= 11 is 6.00. The first kappa shape index (κ1) is 24.6. The van der Waals surface area contributed by atoms with Gasteiger partial charge in [-0.15, -0.1) is 0 Å². The van der Waals surface area contributed by atoms with Crippen molar-refractivity contribution in [2.45, 2.75) is 32.2 Å². The number of aliphatic hydroxyl groups excluding tert-OH is 1. The normalized spacial score (nSPS) is 17.1.